The van der Waals surface area contributed by atoms with Crippen LogP contribution in [0.2, 0.25) is 0 Å². The summed E-state index contributed by atoms with van der Waals surface area (Å²) in [5.74, 6) is 4.93. The summed E-state index contributed by atoms with van der Waals surface area (Å²) in [6.45, 7) is 0.612. The molecule has 0 aliphatic heterocycles. The summed E-state index contributed by atoms with van der Waals surface area (Å²) in [5.41, 5.74) is 0.611. The third-order valence-corrected chi connectivity index (χ3v) is 2.21. The van der Waals surface area contributed by atoms with Crippen LogP contribution in [0.3, 0.4) is 0 Å². The molecule has 0 aromatic carbocycles. The fraction of sp³-hybridized carbons (Fsp3) is 0.500. The number of aliphatic hydroxyl groups excluding tert-OH is 2. The van der Waals surface area contributed by atoms with Gasteiger partial charge in [-0.3, -0.25) is 15.5 Å². The van der Waals surface area contributed by atoms with Crippen LogP contribution in [0.4, 0.5) is 17.5 Å². The third kappa shape index (κ3) is 3.00. The number of hydrazine groups is 1. The van der Waals surface area contributed by atoms with Crippen molar-refractivity contribution in [2.75, 3.05) is 24.0 Å². The van der Waals surface area contributed by atoms with E-state index in [-0.39, 0.29) is 17.5 Å². The quantitative estimate of drug-likeness (QED) is 0.240. The maximum atomic E-state index is 10.8. The highest BCUT2D eigenvalue weighted by Crippen LogP contribution is 2.24. The molecule has 1 rings (SSSR count). The van der Waals surface area contributed by atoms with Gasteiger partial charge >= 0.3 is 5.69 Å². The Morgan fingerprint density at radius 2 is 2.17 bits per heavy atom. The number of aliphatic hydroxyl groups is 2. The number of nitro groups is 1. The summed E-state index contributed by atoms with van der Waals surface area (Å²) in [6, 6.07) is 0. The Balaban J connectivity index is 3.15. The fourth-order valence-corrected chi connectivity index (χ4v) is 1.09. The molecule has 0 aliphatic rings. The summed E-state index contributed by atoms with van der Waals surface area (Å²) in [7, 11) is 0. The molecule has 0 spiro atoms. The number of anilines is 2. The third-order valence-electron chi connectivity index (χ3n) is 2.21. The Morgan fingerprint density at radius 3 is 2.61 bits per heavy atom. The monoisotopic (exact) mass is 258 g/mol. The molecule has 1 aromatic heterocycles. The number of hydrogen-bond donors (Lipinski definition) is 5. The van der Waals surface area contributed by atoms with E-state index in [1.807, 2.05) is 0 Å². The van der Waals surface area contributed by atoms with Crippen molar-refractivity contribution in [3.8, 4) is 0 Å². The summed E-state index contributed by atoms with van der Waals surface area (Å²) in [6.07, 6.45) is 0.972. The molecule has 0 unspecified atom stereocenters. The molecule has 10 nitrogen and oxygen atoms in total. The number of hydrogen-bond acceptors (Lipinski definition) is 9. The van der Waals surface area contributed by atoms with Gasteiger partial charge in [-0.25, -0.2) is 10.8 Å². The van der Waals surface area contributed by atoms with Crippen molar-refractivity contribution in [2.45, 2.75) is 12.5 Å². The fourth-order valence-electron chi connectivity index (χ4n) is 1.09. The number of nitrogens with zero attached hydrogens (tertiary/aromatic N) is 3. The van der Waals surface area contributed by atoms with Crippen LogP contribution in [0.25, 0.3) is 0 Å². The van der Waals surface area contributed by atoms with Crippen molar-refractivity contribution in [3.63, 3.8) is 0 Å². The highest BCUT2D eigenvalue weighted by atomic mass is 16.6. The van der Waals surface area contributed by atoms with Crippen molar-refractivity contribution < 1.29 is 15.1 Å². The second kappa shape index (κ2) is 5.53. The van der Waals surface area contributed by atoms with Gasteiger partial charge in [-0.1, -0.05) is 0 Å². The number of nitrogens with two attached hydrogens (primary N) is 1. The van der Waals surface area contributed by atoms with E-state index in [1.165, 1.54) is 6.92 Å². The first-order chi connectivity index (χ1) is 8.45. The molecule has 0 fully saturated rings. The van der Waals surface area contributed by atoms with Gasteiger partial charge in [0.2, 0.25) is 11.8 Å². The normalized spacial score (nSPS) is 11.1. The van der Waals surface area contributed by atoms with Gasteiger partial charge in [-0.2, -0.15) is 4.98 Å². The second-order valence-corrected chi connectivity index (χ2v) is 3.83. The van der Waals surface area contributed by atoms with E-state index in [9.17, 15) is 10.1 Å². The van der Waals surface area contributed by atoms with E-state index in [2.05, 4.69) is 20.7 Å². The Kier molecular flexibility index (Phi) is 4.31. The molecule has 0 saturated carbocycles. The first kappa shape index (κ1) is 14.0. The maximum absolute atomic E-state index is 10.8. The van der Waals surface area contributed by atoms with Crippen LogP contribution in [-0.2, 0) is 0 Å². The molecule has 1 heterocycles. The van der Waals surface area contributed by atoms with Gasteiger partial charge in [0.15, 0.2) is 0 Å². The molecular formula is C8H14N6O4. The summed E-state index contributed by atoms with van der Waals surface area (Å²) in [5, 5.41) is 31.6. The standard InChI is InChI=1S/C8H14N6O4/c1-8(3-15,4-16)12-6-5(14(17)18)2-10-7(11-6)13-9/h2,15-16H,3-4,9H2,1H3,(H2,10,11,12,13). The van der Waals surface area contributed by atoms with Gasteiger partial charge in [-0.05, 0) is 6.92 Å². The highest BCUT2D eigenvalue weighted by molar-refractivity contribution is 5.58. The van der Waals surface area contributed by atoms with Gasteiger partial charge in [-0.15, -0.1) is 0 Å². The molecule has 0 radical (unpaired) electrons. The van der Waals surface area contributed by atoms with E-state index in [0.29, 0.717) is 0 Å². The predicted octanol–water partition coefficient (Wildman–Crippen LogP) is -1.17. The van der Waals surface area contributed by atoms with E-state index in [4.69, 9.17) is 16.1 Å². The predicted molar refractivity (Wildman–Crippen MR) is 62.7 cm³/mol. The smallest absolute Gasteiger partial charge is 0.329 e. The maximum Gasteiger partial charge on any atom is 0.329 e. The lowest BCUT2D eigenvalue weighted by Gasteiger charge is -2.26. The SMILES string of the molecule is CC(CO)(CO)Nc1nc(NN)ncc1[N+](=O)[O-]. The van der Waals surface area contributed by atoms with Crippen LogP contribution in [0, 0.1) is 10.1 Å². The molecule has 0 amide bonds. The molecule has 18 heavy (non-hydrogen) atoms. The molecular weight excluding hydrogens is 244 g/mol. The Morgan fingerprint density at radius 1 is 1.56 bits per heavy atom. The average molecular weight is 258 g/mol. The highest BCUT2D eigenvalue weighted by Gasteiger charge is 2.27. The van der Waals surface area contributed by atoms with Crippen molar-refractivity contribution >= 4 is 17.5 Å². The molecule has 0 atom stereocenters. The number of aromatic nitrogens is 2. The molecule has 1 aromatic rings. The van der Waals surface area contributed by atoms with Crippen LogP contribution in [0.5, 0.6) is 0 Å². The molecule has 10 heteroatoms. The molecule has 0 bridgehead atoms. The van der Waals surface area contributed by atoms with Crippen molar-refractivity contribution in [1.82, 2.24) is 9.97 Å². The van der Waals surface area contributed by atoms with Crippen LogP contribution in [-0.4, -0.2) is 43.9 Å². The molecule has 100 valence electrons. The van der Waals surface area contributed by atoms with E-state index in [0.717, 1.165) is 6.20 Å². The van der Waals surface area contributed by atoms with E-state index < -0.39 is 23.7 Å². The lowest BCUT2D eigenvalue weighted by atomic mass is 10.1. The minimum absolute atomic E-state index is 0.0265. The zero-order valence-electron chi connectivity index (χ0n) is 9.62. The topological polar surface area (TPSA) is 159 Å². The van der Waals surface area contributed by atoms with Crippen LogP contribution in [0.1, 0.15) is 6.92 Å². The zero-order chi connectivity index (χ0) is 13.8. The molecule has 0 saturated heterocycles. The van der Waals surface area contributed by atoms with E-state index in [1.54, 1.807) is 0 Å². The Bertz CT molecular complexity index is 436. The van der Waals surface area contributed by atoms with Crippen LogP contribution >= 0.6 is 0 Å². The number of nitrogens with one attached hydrogen (secondary N) is 2. The Labute approximate surface area is 102 Å². The first-order valence-corrected chi connectivity index (χ1v) is 4.93. The zero-order valence-corrected chi connectivity index (χ0v) is 9.62. The van der Waals surface area contributed by atoms with Crippen LogP contribution < -0.4 is 16.6 Å². The summed E-state index contributed by atoms with van der Waals surface area (Å²) >= 11 is 0. The summed E-state index contributed by atoms with van der Waals surface area (Å²) in [4.78, 5) is 17.5. The lowest BCUT2D eigenvalue weighted by molar-refractivity contribution is -0.384. The van der Waals surface area contributed by atoms with Gasteiger partial charge in [0, 0.05) is 0 Å². The number of rotatable bonds is 6. The van der Waals surface area contributed by atoms with Crippen molar-refractivity contribution in [1.29, 1.82) is 0 Å². The minimum atomic E-state index is -1.15. The Hall–Kier alpha value is -2.04. The average Bonchev–Trinajstić information content (AvgIpc) is 2.38. The van der Waals surface area contributed by atoms with E-state index >= 15 is 0 Å². The first-order valence-electron chi connectivity index (χ1n) is 4.93. The van der Waals surface area contributed by atoms with Crippen molar-refractivity contribution in [3.05, 3.63) is 16.3 Å². The van der Waals surface area contributed by atoms with Gasteiger partial charge in [0.05, 0.1) is 23.7 Å². The largest absolute Gasteiger partial charge is 0.394 e. The van der Waals surface area contributed by atoms with Gasteiger partial charge in [0.25, 0.3) is 0 Å². The van der Waals surface area contributed by atoms with Gasteiger partial charge in [0.1, 0.15) is 6.20 Å². The molecule has 0 aliphatic carbocycles. The number of nitrogen functional groups attached to an aromatic ring is 1. The second-order valence-electron chi connectivity index (χ2n) is 3.83. The minimum Gasteiger partial charge on any atom is -0.394 e. The molecule has 6 N–H and O–H groups in total. The summed E-state index contributed by atoms with van der Waals surface area (Å²) < 4.78 is 0. The van der Waals surface area contributed by atoms with Crippen LogP contribution in [0.15, 0.2) is 6.20 Å². The van der Waals surface area contributed by atoms with Crippen molar-refractivity contribution in [2.24, 2.45) is 5.84 Å². The van der Waals surface area contributed by atoms with Gasteiger partial charge < -0.3 is 15.5 Å². The lowest BCUT2D eigenvalue weighted by Crippen LogP contribution is -2.43.